The number of alkyl carbamates (subject to hydrolysis) is 1. The highest BCUT2D eigenvalue weighted by molar-refractivity contribution is 5.83. The Labute approximate surface area is 119 Å². The lowest BCUT2D eigenvalue weighted by atomic mass is 10.1. The smallest absolute Gasteiger partial charge is 0.408 e. The highest BCUT2D eigenvalue weighted by Crippen LogP contribution is 2.02. The maximum Gasteiger partial charge on any atom is 0.408 e. The molecule has 0 aliphatic carbocycles. The van der Waals surface area contributed by atoms with Crippen LogP contribution in [0.1, 0.15) is 33.3 Å². The minimum atomic E-state index is -0.832. The normalized spacial score (nSPS) is 12.4. The molecule has 20 heavy (non-hydrogen) atoms. The number of hydrogen-bond donors (Lipinski definition) is 2. The fourth-order valence-corrected chi connectivity index (χ4v) is 1.48. The number of ether oxygens (including phenoxy) is 1. The van der Waals surface area contributed by atoms with Gasteiger partial charge >= 0.3 is 6.09 Å². The average Bonchev–Trinajstić information content (AvgIpc) is 2.34. The highest BCUT2D eigenvalue weighted by atomic mass is 16.6. The third-order valence-electron chi connectivity index (χ3n) is 2.44. The molecule has 5 nitrogen and oxygen atoms in total. The Morgan fingerprint density at radius 1 is 1.20 bits per heavy atom. The standard InChI is InChI=1S/C15H22N2O3/c1-11(20-14(19)17-15(2,3)4)13(18)16-10-12-8-6-5-7-9-12/h5-9,11H,10H2,1-4H3,(H,16,18)(H,17,19)/t11-/m1/s1. The summed E-state index contributed by atoms with van der Waals surface area (Å²) >= 11 is 0. The second-order valence-corrected chi connectivity index (χ2v) is 5.63. The van der Waals surface area contributed by atoms with Crippen LogP contribution >= 0.6 is 0 Å². The Morgan fingerprint density at radius 2 is 1.80 bits per heavy atom. The molecule has 110 valence electrons. The van der Waals surface area contributed by atoms with E-state index in [4.69, 9.17) is 4.74 Å². The minimum absolute atomic E-state index is 0.321. The lowest BCUT2D eigenvalue weighted by Gasteiger charge is -2.21. The van der Waals surface area contributed by atoms with Crippen LogP contribution in [0.5, 0.6) is 0 Å². The summed E-state index contributed by atoms with van der Waals surface area (Å²) in [7, 11) is 0. The molecule has 1 atom stereocenters. The van der Waals surface area contributed by atoms with E-state index in [1.54, 1.807) is 6.92 Å². The van der Waals surface area contributed by atoms with Crippen molar-refractivity contribution in [3.05, 3.63) is 35.9 Å². The topological polar surface area (TPSA) is 67.4 Å². The van der Waals surface area contributed by atoms with E-state index >= 15 is 0 Å². The quantitative estimate of drug-likeness (QED) is 0.887. The van der Waals surface area contributed by atoms with Gasteiger partial charge in [0.15, 0.2) is 6.10 Å². The monoisotopic (exact) mass is 278 g/mol. The van der Waals surface area contributed by atoms with E-state index in [1.807, 2.05) is 51.1 Å². The van der Waals surface area contributed by atoms with E-state index in [2.05, 4.69) is 10.6 Å². The molecule has 1 aromatic rings. The largest absolute Gasteiger partial charge is 0.436 e. The molecule has 0 radical (unpaired) electrons. The summed E-state index contributed by atoms with van der Waals surface area (Å²) < 4.78 is 5.01. The van der Waals surface area contributed by atoms with Crippen molar-refractivity contribution < 1.29 is 14.3 Å². The summed E-state index contributed by atoms with van der Waals surface area (Å²) in [6, 6.07) is 9.54. The van der Waals surface area contributed by atoms with Crippen LogP contribution in [-0.2, 0) is 16.1 Å². The van der Waals surface area contributed by atoms with Crippen molar-refractivity contribution in [2.24, 2.45) is 0 Å². The van der Waals surface area contributed by atoms with Crippen LogP contribution in [0.15, 0.2) is 30.3 Å². The fraction of sp³-hybridized carbons (Fsp3) is 0.467. The van der Waals surface area contributed by atoms with Gasteiger partial charge in [-0.15, -0.1) is 0 Å². The van der Waals surface area contributed by atoms with Crippen LogP contribution in [0.25, 0.3) is 0 Å². The second-order valence-electron chi connectivity index (χ2n) is 5.63. The number of amides is 2. The molecule has 0 bridgehead atoms. The first-order valence-corrected chi connectivity index (χ1v) is 6.58. The first kappa shape index (κ1) is 16.0. The Kier molecular flexibility index (Phi) is 5.55. The van der Waals surface area contributed by atoms with Crippen LogP contribution in [0.3, 0.4) is 0 Å². The van der Waals surface area contributed by atoms with E-state index in [0.29, 0.717) is 6.54 Å². The zero-order valence-corrected chi connectivity index (χ0v) is 12.4. The molecule has 1 aromatic carbocycles. The number of benzene rings is 1. The number of carbonyl (C=O) groups is 2. The highest BCUT2D eigenvalue weighted by Gasteiger charge is 2.20. The van der Waals surface area contributed by atoms with E-state index in [9.17, 15) is 9.59 Å². The van der Waals surface area contributed by atoms with Crippen LogP contribution < -0.4 is 10.6 Å². The molecule has 0 saturated heterocycles. The number of carbonyl (C=O) groups excluding carboxylic acids is 2. The molecule has 2 amide bonds. The van der Waals surface area contributed by atoms with E-state index in [1.165, 1.54) is 0 Å². The molecule has 0 fully saturated rings. The molecule has 1 rings (SSSR count). The summed E-state index contributed by atoms with van der Waals surface area (Å²) in [6.07, 6.45) is -1.43. The van der Waals surface area contributed by atoms with Crippen molar-refractivity contribution in [1.29, 1.82) is 0 Å². The molecular formula is C15H22N2O3. The fourth-order valence-electron chi connectivity index (χ4n) is 1.48. The zero-order valence-electron chi connectivity index (χ0n) is 12.4. The lowest BCUT2D eigenvalue weighted by molar-refractivity contribution is -0.128. The molecule has 0 saturated carbocycles. The Bertz CT molecular complexity index is 452. The van der Waals surface area contributed by atoms with Gasteiger partial charge in [0, 0.05) is 12.1 Å². The van der Waals surface area contributed by atoms with Crippen molar-refractivity contribution in [2.75, 3.05) is 0 Å². The molecule has 5 heteroatoms. The maximum atomic E-state index is 11.8. The van der Waals surface area contributed by atoms with E-state index in [0.717, 1.165) is 5.56 Å². The molecule has 0 spiro atoms. The van der Waals surface area contributed by atoms with Crippen LogP contribution in [0, 0.1) is 0 Å². The summed E-state index contributed by atoms with van der Waals surface area (Å²) in [5, 5.41) is 5.36. The van der Waals surface area contributed by atoms with Crippen LogP contribution in [0.4, 0.5) is 4.79 Å². The predicted molar refractivity (Wildman–Crippen MR) is 77.1 cm³/mol. The van der Waals surface area contributed by atoms with Gasteiger partial charge in [-0.2, -0.15) is 0 Å². The average molecular weight is 278 g/mol. The van der Waals surface area contributed by atoms with Gasteiger partial charge in [-0.05, 0) is 33.3 Å². The van der Waals surface area contributed by atoms with Gasteiger partial charge in [-0.25, -0.2) is 4.79 Å². The summed E-state index contributed by atoms with van der Waals surface area (Å²) in [4.78, 5) is 23.3. The van der Waals surface area contributed by atoms with Gasteiger partial charge < -0.3 is 15.4 Å². The summed E-state index contributed by atoms with van der Waals surface area (Å²) in [6.45, 7) is 7.48. The number of nitrogens with one attached hydrogen (secondary N) is 2. The molecule has 0 heterocycles. The first-order chi connectivity index (χ1) is 9.28. The van der Waals surface area contributed by atoms with Gasteiger partial charge in [0.05, 0.1) is 0 Å². The second kappa shape index (κ2) is 6.93. The molecule has 0 unspecified atom stereocenters. The predicted octanol–water partition coefficient (Wildman–Crippen LogP) is 2.22. The van der Waals surface area contributed by atoms with E-state index < -0.39 is 17.7 Å². The Hall–Kier alpha value is -2.04. The van der Waals surface area contributed by atoms with Gasteiger partial charge in [-0.3, -0.25) is 4.79 Å². The van der Waals surface area contributed by atoms with Crippen LogP contribution in [0.2, 0.25) is 0 Å². The lowest BCUT2D eigenvalue weighted by Crippen LogP contribution is -2.44. The van der Waals surface area contributed by atoms with Crippen molar-refractivity contribution >= 4 is 12.0 Å². The SMILES string of the molecule is C[C@@H](OC(=O)NC(C)(C)C)C(=O)NCc1ccccc1. The Morgan fingerprint density at radius 3 is 2.35 bits per heavy atom. The Balaban J connectivity index is 2.38. The van der Waals surface area contributed by atoms with Gasteiger partial charge in [0.1, 0.15) is 0 Å². The third-order valence-corrected chi connectivity index (χ3v) is 2.44. The molecular weight excluding hydrogens is 256 g/mol. The first-order valence-electron chi connectivity index (χ1n) is 6.58. The number of rotatable bonds is 4. The summed E-state index contributed by atoms with van der Waals surface area (Å²) in [5.41, 5.74) is 0.601. The minimum Gasteiger partial charge on any atom is -0.436 e. The third kappa shape index (κ3) is 6.22. The maximum absolute atomic E-state index is 11.8. The van der Waals surface area contributed by atoms with Crippen LogP contribution in [-0.4, -0.2) is 23.6 Å². The molecule has 0 aliphatic heterocycles. The van der Waals surface area contributed by atoms with Crippen molar-refractivity contribution in [3.63, 3.8) is 0 Å². The summed E-state index contributed by atoms with van der Waals surface area (Å²) in [5.74, 6) is -0.321. The molecule has 2 N–H and O–H groups in total. The molecule has 0 aromatic heterocycles. The molecule has 0 aliphatic rings. The van der Waals surface area contributed by atoms with Gasteiger partial charge in [0.2, 0.25) is 0 Å². The van der Waals surface area contributed by atoms with Gasteiger partial charge in [0.25, 0.3) is 5.91 Å². The number of hydrogen-bond acceptors (Lipinski definition) is 3. The van der Waals surface area contributed by atoms with E-state index in [-0.39, 0.29) is 5.91 Å². The van der Waals surface area contributed by atoms with Gasteiger partial charge in [-0.1, -0.05) is 30.3 Å². The van der Waals surface area contributed by atoms with Crippen molar-refractivity contribution in [1.82, 2.24) is 10.6 Å². The van der Waals surface area contributed by atoms with Crippen molar-refractivity contribution in [3.8, 4) is 0 Å². The van der Waals surface area contributed by atoms with Crippen molar-refractivity contribution in [2.45, 2.75) is 45.9 Å². The zero-order chi connectivity index (χ0) is 15.2.